The van der Waals surface area contributed by atoms with Gasteiger partial charge in [0.05, 0.1) is 0 Å². The van der Waals surface area contributed by atoms with Crippen LogP contribution in [-0.4, -0.2) is 23.0 Å². The number of imidazole rings is 1. The standard InChI is InChI=1S/C13H16ClN3O2S/c1-2-3-12-16-13(20(14,18)19)10-17(12)9-6-11-4-7-15-8-5-11/h4-5,7-8,10H,2-3,6,9H2,1H3. The Bertz CT molecular complexity index is 668. The van der Waals surface area contributed by atoms with Crippen molar-refractivity contribution in [2.24, 2.45) is 0 Å². The SMILES string of the molecule is CCCc1nc(S(=O)(=O)Cl)cn1CCc1ccncc1. The monoisotopic (exact) mass is 313 g/mol. The van der Waals surface area contributed by atoms with Gasteiger partial charge in [-0.1, -0.05) is 6.92 Å². The number of aromatic nitrogens is 3. The highest BCUT2D eigenvalue weighted by molar-refractivity contribution is 8.13. The molecule has 0 aliphatic rings. The minimum Gasteiger partial charge on any atom is -0.333 e. The lowest BCUT2D eigenvalue weighted by molar-refractivity contribution is 0.606. The van der Waals surface area contributed by atoms with Crippen molar-refractivity contribution in [1.29, 1.82) is 0 Å². The lowest BCUT2D eigenvalue weighted by atomic mass is 10.2. The summed E-state index contributed by atoms with van der Waals surface area (Å²) < 4.78 is 24.6. The number of halogens is 1. The summed E-state index contributed by atoms with van der Waals surface area (Å²) in [4.78, 5) is 8.08. The average molecular weight is 314 g/mol. The first kappa shape index (κ1) is 15.0. The van der Waals surface area contributed by atoms with Gasteiger partial charge in [0, 0.05) is 42.2 Å². The molecule has 0 aromatic carbocycles. The van der Waals surface area contributed by atoms with Crippen LogP contribution in [0.5, 0.6) is 0 Å². The Kier molecular flexibility index (Phi) is 4.77. The highest BCUT2D eigenvalue weighted by Gasteiger charge is 2.17. The van der Waals surface area contributed by atoms with Crippen molar-refractivity contribution >= 4 is 19.7 Å². The molecule has 0 bridgehead atoms. The molecule has 2 aromatic rings. The minimum absolute atomic E-state index is 0.0719. The van der Waals surface area contributed by atoms with Gasteiger partial charge in [0.15, 0.2) is 5.03 Å². The number of pyridine rings is 1. The van der Waals surface area contributed by atoms with Crippen LogP contribution in [0.25, 0.3) is 0 Å². The van der Waals surface area contributed by atoms with Crippen molar-refractivity contribution in [2.75, 3.05) is 0 Å². The van der Waals surface area contributed by atoms with Gasteiger partial charge in [0.25, 0.3) is 9.05 Å². The molecule has 0 atom stereocenters. The number of hydrogen-bond donors (Lipinski definition) is 0. The Balaban J connectivity index is 2.19. The molecular weight excluding hydrogens is 298 g/mol. The molecule has 0 spiro atoms. The molecule has 0 saturated heterocycles. The highest BCUT2D eigenvalue weighted by atomic mass is 35.7. The van der Waals surface area contributed by atoms with Crippen molar-refractivity contribution in [2.45, 2.75) is 37.8 Å². The lowest BCUT2D eigenvalue weighted by Crippen LogP contribution is -2.05. The first-order valence-corrected chi connectivity index (χ1v) is 8.71. The molecule has 7 heteroatoms. The zero-order valence-corrected chi connectivity index (χ0v) is 12.7. The van der Waals surface area contributed by atoms with Gasteiger partial charge in [-0.05, 0) is 30.5 Å². The summed E-state index contributed by atoms with van der Waals surface area (Å²) in [6, 6.07) is 3.88. The highest BCUT2D eigenvalue weighted by Crippen LogP contribution is 2.16. The number of nitrogens with zero attached hydrogens (tertiary/aromatic N) is 3. The maximum absolute atomic E-state index is 11.4. The quantitative estimate of drug-likeness (QED) is 0.768. The van der Waals surface area contributed by atoms with Crippen LogP contribution in [0.2, 0.25) is 0 Å². The van der Waals surface area contributed by atoms with Crippen molar-refractivity contribution in [3.8, 4) is 0 Å². The van der Waals surface area contributed by atoms with E-state index in [2.05, 4.69) is 9.97 Å². The molecule has 0 fully saturated rings. The fourth-order valence-corrected chi connectivity index (χ4v) is 2.65. The summed E-state index contributed by atoms with van der Waals surface area (Å²) in [5, 5.41) is -0.0719. The smallest absolute Gasteiger partial charge is 0.280 e. The van der Waals surface area contributed by atoms with Gasteiger partial charge in [-0.25, -0.2) is 13.4 Å². The van der Waals surface area contributed by atoms with Gasteiger partial charge in [-0.3, -0.25) is 4.98 Å². The molecule has 0 aliphatic heterocycles. The van der Waals surface area contributed by atoms with Crippen molar-refractivity contribution < 1.29 is 8.42 Å². The molecule has 5 nitrogen and oxygen atoms in total. The second-order valence-electron chi connectivity index (χ2n) is 4.48. The number of rotatable bonds is 6. The molecule has 2 rings (SSSR count). The summed E-state index contributed by atoms with van der Waals surface area (Å²) in [5.74, 6) is 0.751. The van der Waals surface area contributed by atoms with E-state index in [0.717, 1.165) is 30.7 Å². The van der Waals surface area contributed by atoms with Crippen molar-refractivity contribution in [3.05, 3.63) is 42.1 Å². The van der Waals surface area contributed by atoms with E-state index in [0.29, 0.717) is 6.54 Å². The zero-order chi connectivity index (χ0) is 14.6. The molecule has 0 radical (unpaired) electrons. The largest absolute Gasteiger partial charge is 0.333 e. The van der Waals surface area contributed by atoms with Gasteiger partial charge in [0.2, 0.25) is 0 Å². The Labute approximate surface area is 123 Å². The normalized spacial score (nSPS) is 11.7. The van der Waals surface area contributed by atoms with E-state index in [1.807, 2.05) is 23.6 Å². The van der Waals surface area contributed by atoms with Crippen LogP contribution in [-0.2, 0) is 28.4 Å². The predicted octanol–water partition coefficient (Wildman–Crippen LogP) is 2.40. The summed E-state index contributed by atoms with van der Waals surface area (Å²) in [7, 11) is 1.57. The summed E-state index contributed by atoms with van der Waals surface area (Å²) >= 11 is 0. The van der Waals surface area contributed by atoms with Crippen LogP contribution in [0.15, 0.2) is 35.7 Å². The maximum atomic E-state index is 11.4. The Morgan fingerprint density at radius 1 is 1.25 bits per heavy atom. The third-order valence-electron chi connectivity index (χ3n) is 2.95. The van der Waals surface area contributed by atoms with Crippen molar-refractivity contribution in [1.82, 2.24) is 14.5 Å². The Morgan fingerprint density at radius 3 is 2.55 bits per heavy atom. The maximum Gasteiger partial charge on any atom is 0.280 e. The lowest BCUT2D eigenvalue weighted by Gasteiger charge is -2.06. The first-order chi connectivity index (χ1) is 9.50. The van der Waals surface area contributed by atoms with E-state index in [1.54, 1.807) is 12.4 Å². The molecular formula is C13H16ClN3O2S. The zero-order valence-electron chi connectivity index (χ0n) is 11.2. The second-order valence-corrected chi connectivity index (χ2v) is 6.99. The molecule has 0 N–H and O–H groups in total. The van der Waals surface area contributed by atoms with Gasteiger partial charge >= 0.3 is 0 Å². The topological polar surface area (TPSA) is 64.8 Å². The molecule has 0 saturated carbocycles. The van der Waals surface area contributed by atoms with Gasteiger partial charge in [-0.2, -0.15) is 0 Å². The van der Waals surface area contributed by atoms with Gasteiger partial charge < -0.3 is 4.57 Å². The van der Waals surface area contributed by atoms with Crippen LogP contribution < -0.4 is 0 Å². The third-order valence-corrected chi connectivity index (χ3v) is 4.12. The van der Waals surface area contributed by atoms with Crippen LogP contribution in [0.1, 0.15) is 24.7 Å². The van der Waals surface area contributed by atoms with Crippen molar-refractivity contribution in [3.63, 3.8) is 0 Å². The molecule has 0 aliphatic carbocycles. The third kappa shape index (κ3) is 3.80. The van der Waals surface area contributed by atoms with Gasteiger partial charge in [-0.15, -0.1) is 0 Å². The van der Waals surface area contributed by atoms with E-state index >= 15 is 0 Å². The fourth-order valence-electron chi connectivity index (χ4n) is 1.96. The Morgan fingerprint density at radius 2 is 1.95 bits per heavy atom. The van der Waals surface area contributed by atoms with E-state index in [4.69, 9.17) is 10.7 Å². The number of aryl methyl sites for hydroxylation is 3. The molecule has 0 unspecified atom stereocenters. The van der Waals surface area contributed by atoms with E-state index in [9.17, 15) is 8.42 Å². The van der Waals surface area contributed by atoms with E-state index in [1.165, 1.54) is 6.20 Å². The molecule has 108 valence electrons. The average Bonchev–Trinajstić information content (AvgIpc) is 2.81. The minimum atomic E-state index is -3.78. The van der Waals surface area contributed by atoms with Crippen LogP contribution in [0.3, 0.4) is 0 Å². The fraction of sp³-hybridized carbons (Fsp3) is 0.385. The molecule has 2 heterocycles. The second kappa shape index (κ2) is 6.37. The first-order valence-electron chi connectivity index (χ1n) is 6.40. The molecule has 0 amide bonds. The predicted molar refractivity (Wildman–Crippen MR) is 77.2 cm³/mol. The van der Waals surface area contributed by atoms with E-state index < -0.39 is 9.05 Å². The van der Waals surface area contributed by atoms with Crippen LogP contribution in [0.4, 0.5) is 0 Å². The summed E-state index contributed by atoms with van der Waals surface area (Å²) in [6.45, 7) is 2.69. The van der Waals surface area contributed by atoms with Gasteiger partial charge in [0.1, 0.15) is 5.82 Å². The Hall–Kier alpha value is -1.40. The molecule has 20 heavy (non-hydrogen) atoms. The molecule has 2 aromatic heterocycles. The summed E-state index contributed by atoms with van der Waals surface area (Å²) in [6.07, 6.45) is 7.40. The van der Waals surface area contributed by atoms with Crippen LogP contribution in [0, 0.1) is 0 Å². The summed E-state index contributed by atoms with van der Waals surface area (Å²) in [5.41, 5.74) is 1.14. The number of hydrogen-bond acceptors (Lipinski definition) is 4. The van der Waals surface area contributed by atoms with Crippen LogP contribution >= 0.6 is 10.7 Å². The van der Waals surface area contributed by atoms with E-state index in [-0.39, 0.29) is 5.03 Å².